The van der Waals surface area contributed by atoms with Crippen molar-refractivity contribution < 1.29 is 0 Å². The predicted molar refractivity (Wildman–Crippen MR) is 92.9 cm³/mol. The summed E-state index contributed by atoms with van der Waals surface area (Å²) in [6.45, 7) is 0. The number of hydrogen-bond donors (Lipinski definition) is 1. The number of allylic oxidation sites excluding steroid dienone is 1. The van der Waals surface area contributed by atoms with Crippen LogP contribution in [0.15, 0.2) is 38.2 Å². The monoisotopic (exact) mass is 391 g/mol. The number of nitrogens with one attached hydrogen (secondary N) is 1. The Morgan fingerprint density at radius 3 is 2.95 bits per heavy atom. The van der Waals surface area contributed by atoms with Gasteiger partial charge in [0.05, 0.1) is 20.3 Å². The fraction of sp³-hybridized carbons (Fsp3) is 0. The maximum atomic E-state index is 12.1. The van der Waals surface area contributed by atoms with E-state index in [0.717, 1.165) is 9.35 Å². The van der Waals surface area contributed by atoms with Gasteiger partial charge in [0.2, 0.25) is 0 Å². The van der Waals surface area contributed by atoms with Crippen LogP contribution in [-0.4, -0.2) is 9.97 Å². The van der Waals surface area contributed by atoms with Crippen molar-refractivity contribution in [3.63, 3.8) is 0 Å². The van der Waals surface area contributed by atoms with E-state index in [0.29, 0.717) is 15.9 Å². The number of aromatic nitrogens is 2. The van der Waals surface area contributed by atoms with Crippen LogP contribution in [0, 0.1) is 11.3 Å². The molecule has 0 atom stereocenters. The van der Waals surface area contributed by atoms with Gasteiger partial charge in [-0.2, -0.15) is 5.26 Å². The molecule has 1 aromatic carbocycles. The number of thiophene rings is 1. The molecule has 0 radical (unpaired) electrons. The number of nitriles is 1. The van der Waals surface area contributed by atoms with Crippen LogP contribution in [-0.2, 0) is 0 Å². The summed E-state index contributed by atoms with van der Waals surface area (Å²) in [7, 11) is 0. The highest BCUT2D eigenvalue weighted by Gasteiger charge is 2.09. The summed E-state index contributed by atoms with van der Waals surface area (Å²) < 4.78 is 0.961. The van der Waals surface area contributed by atoms with Crippen molar-refractivity contribution in [3.05, 3.63) is 60.2 Å². The molecule has 4 nitrogen and oxygen atoms in total. The normalized spacial score (nSPS) is 11.6. The molecule has 22 heavy (non-hydrogen) atoms. The molecule has 108 valence electrons. The van der Waals surface area contributed by atoms with Gasteiger partial charge < -0.3 is 4.98 Å². The van der Waals surface area contributed by atoms with Gasteiger partial charge in [0.25, 0.3) is 5.56 Å². The summed E-state index contributed by atoms with van der Waals surface area (Å²) in [4.78, 5) is 19.1. The Kier molecular flexibility index (Phi) is 4.12. The number of nitrogens with zero attached hydrogens (tertiary/aromatic N) is 2. The molecule has 7 heteroatoms. The standard InChI is InChI=1S/C15H7BrClN3OS/c16-13-4-8(7-22-13)3-9(6-18)14-19-12-5-10(17)1-2-11(12)15(21)20-14/h1-5,7H,(H,19,20,21)/b9-3+. The van der Waals surface area contributed by atoms with Crippen LogP contribution >= 0.6 is 38.9 Å². The Bertz CT molecular complexity index is 1000. The van der Waals surface area contributed by atoms with Gasteiger partial charge in [-0.3, -0.25) is 4.79 Å². The lowest BCUT2D eigenvalue weighted by molar-refractivity contribution is 1.13. The summed E-state index contributed by atoms with van der Waals surface area (Å²) in [5.41, 5.74) is 1.30. The molecule has 3 aromatic rings. The third kappa shape index (κ3) is 2.97. The second kappa shape index (κ2) is 6.05. The number of hydrogen-bond acceptors (Lipinski definition) is 4. The van der Waals surface area contributed by atoms with Crippen molar-refractivity contribution in [1.82, 2.24) is 9.97 Å². The fourth-order valence-electron chi connectivity index (χ4n) is 1.96. The topological polar surface area (TPSA) is 69.5 Å². The minimum atomic E-state index is -0.302. The van der Waals surface area contributed by atoms with E-state index in [1.165, 1.54) is 11.3 Å². The van der Waals surface area contributed by atoms with E-state index in [2.05, 4.69) is 32.0 Å². The summed E-state index contributed by atoms with van der Waals surface area (Å²) in [5, 5.41) is 12.2. The first kappa shape index (κ1) is 15.0. The molecule has 1 N–H and O–H groups in total. The Balaban J connectivity index is 2.18. The summed E-state index contributed by atoms with van der Waals surface area (Å²) in [6, 6.07) is 8.80. The molecule has 3 rings (SSSR count). The van der Waals surface area contributed by atoms with Gasteiger partial charge in [0.1, 0.15) is 6.07 Å². The SMILES string of the molecule is N#C/C(=C\c1csc(Br)c1)c1nc2cc(Cl)ccc2c(=O)[nH]1. The molecule has 0 aliphatic carbocycles. The van der Waals surface area contributed by atoms with Gasteiger partial charge in [-0.15, -0.1) is 11.3 Å². The third-order valence-corrected chi connectivity index (χ3v) is 4.70. The van der Waals surface area contributed by atoms with Crippen LogP contribution in [0.4, 0.5) is 0 Å². The quantitative estimate of drug-likeness (QED) is 0.654. The van der Waals surface area contributed by atoms with Gasteiger partial charge in [0, 0.05) is 5.02 Å². The zero-order valence-electron chi connectivity index (χ0n) is 10.9. The predicted octanol–water partition coefficient (Wildman–Crippen LogP) is 4.46. The Labute approximate surface area is 142 Å². The molecule has 0 amide bonds. The molecule has 0 saturated heterocycles. The summed E-state index contributed by atoms with van der Waals surface area (Å²) in [6.07, 6.45) is 1.68. The second-order valence-electron chi connectivity index (χ2n) is 4.43. The van der Waals surface area contributed by atoms with Crippen molar-refractivity contribution >= 4 is 61.4 Å². The van der Waals surface area contributed by atoms with Crippen LogP contribution in [0.25, 0.3) is 22.6 Å². The smallest absolute Gasteiger partial charge is 0.259 e. The number of H-pyrrole nitrogens is 1. The number of aromatic amines is 1. The molecule has 0 bridgehead atoms. The van der Waals surface area contributed by atoms with E-state index in [-0.39, 0.29) is 17.0 Å². The van der Waals surface area contributed by atoms with Crippen LogP contribution in [0.5, 0.6) is 0 Å². The molecule has 0 spiro atoms. The lowest BCUT2D eigenvalue weighted by Crippen LogP contribution is -2.11. The Hall–Kier alpha value is -1.94. The van der Waals surface area contributed by atoms with E-state index in [1.54, 1.807) is 24.3 Å². The van der Waals surface area contributed by atoms with Crippen molar-refractivity contribution in [2.45, 2.75) is 0 Å². The van der Waals surface area contributed by atoms with Gasteiger partial charge >= 0.3 is 0 Å². The summed E-state index contributed by atoms with van der Waals surface area (Å²) >= 11 is 10.8. The molecule has 0 aliphatic rings. The van der Waals surface area contributed by atoms with E-state index < -0.39 is 0 Å². The number of rotatable bonds is 2. The van der Waals surface area contributed by atoms with Crippen LogP contribution in [0.3, 0.4) is 0 Å². The molecule has 0 unspecified atom stereocenters. The minimum Gasteiger partial charge on any atom is -0.305 e. The Morgan fingerprint density at radius 2 is 2.27 bits per heavy atom. The molecular weight excluding hydrogens is 386 g/mol. The van der Waals surface area contributed by atoms with Crippen LogP contribution in [0.1, 0.15) is 11.4 Å². The molecule has 2 aromatic heterocycles. The molecule has 2 heterocycles. The summed E-state index contributed by atoms with van der Waals surface area (Å²) in [5.74, 6) is 0.226. The highest BCUT2D eigenvalue weighted by atomic mass is 79.9. The van der Waals surface area contributed by atoms with Crippen molar-refractivity contribution in [2.24, 2.45) is 0 Å². The molecule has 0 aliphatic heterocycles. The number of benzene rings is 1. The minimum absolute atomic E-state index is 0.226. The van der Waals surface area contributed by atoms with Gasteiger partial charge in [-0.05, 0) is 57.2 Å². The average molecular weight is 393 g/mol. The maximum Gasteiger partial charge on any atom is 0.259 e. The maximum absolute atomic E-state index is 12.1. The van der Waals surface area contributed by atoms with Crippen LogP contribution < -0.4 is 5.56 Å². The second-order valence-corrected chi connectivity index (χ2v) is 7.16. The number of fused-ring (bicyclic) bond motifs is 1. The largest absolute Gasteiger partial charge is 0.305 e. The van der Waals surface area contributed by atoms with E-state index >= 15 is 0 Å². The Morgan fingerprint density at radius 1 is 1.45 bits per heavy atom. The van der Waals surface area contributed by atoms with Gasteiger partial charge in [-0.1, -0.05) is 11.6 Å². The third-order valence-electron chi connectivity index (χ3n) is 2.94. The van der Waals surface area contributed by atoms with E-state index in [4.69, 9.17) is 11.6 Å². The first-order chi connectivity index (χ1) is 10.6. The molecule has 0 fully saturated rings. The van der Waals surface area contributed by atoms with Crippen molar-refractivity contribution in [3.8, 4) is 6.07 Å². The first-order valence-electron chi connectivity index (χ1n) is 6.12. The zero-order chi connectivity index (χ0) is 15.7. The van der Waals surface area contributed by atoms with Crippen LogP contribution in [0.2, 0.25) is 5.02 Å². The van der Waals surface area contributed by atoms with Gasteiger partial charge in [-0.25, -0.2) is 4.98 Å². The number of halogens is 2. The van der Waals surface area contributed by atoms with Crippen molar-refractivity contribution in [1.29, 1.82) is 5.26 Å². The highest BCUT2D eigenvalue weighted by molar-refractivity contribution is 9.11. The lowest BCUT2D eigenvalue weighted by Gasteiger charge is -2.02. The lowest BCUT2D eigenvalue weighted by atomic mass is 10.2. The highest BCUT2D eigenvalue weighted by Crippen LogP contribution is 2.24. The van der Waals surface area contributed by atoms with E-state index in [1.807, 2.05) is 11.4 Å². The average Bonchev–Trinajstić information content (AvgIpc) is 2.89. The molecule has 0 saturated carbocycles. The van der Waals surface area contributed by atoms with Gasteiger partial charge in [0.15, 0.2) is 5.82 Å². The first-order valence-corrected chi connectivity index (χ1v) is 8.17. The van der Waals surface area contributed by atoms with E-state index in [9.17, 15) is 10.1 Å². The van der Waals surface area contributed by atoms with Crippen molar-refractivity contribution in [2.75, 3.05) is 0 Å². The molecular formula is C15H7BrClN3OS. The zero-order valence-corrected chi connectivity index (χ0v) is 14.1. The fourth-order valence-corrected chi connectivity index (χ4v) is 3.26.